The summed E-state index contributed by atoms with van der Waals surface area (Å²) < 4.78 is 71.9. The molecule has 0 bridgehead atoms. The van der Waals surface area contributed by atoms with Gasteiger partial charge in [0.1, 0.15) is 5.75 Å². The summed E-state index contributed by atoms with van der Waals surface area (Å²) in [5, 5.41) is 0. The highest BCUT2D eigenvalue weighted by molar-refractivity contribution is 7.89. The summed E-state index contributed by atoms with van der Waals surface area (Å²) in [6, 6.07) is 12.1. The minimum Gasteiger partial charge on any atom is -0.497 e. The Morgan fingerprint density at radius 3 is 2.30 bits per heavy atom. The van der Waals surface area contributed by atoms with E-state index in [1.54, 1.807) is 7.11 Å². The molecule has 2 aromatic carbocycles. The van der Waals surface area contributed by atoms with Crippen molar-refractivity contribution in [2.75, 3.05) is 26.7 Å². The molecule has 1 aliphatic heterocycles. The minimum atomic E-state index is -4.72. The van der Waals surface area contributed by atoms with Gasteiger partial charge in [0.2, 0.25) is 10.0 Å². The van der Waals surface area contributed by atoms with E-state index < -0.39 is 26.7 Å². The molecule has 1 fully saturated rings. The minimum absolute atomic E-state index is 0.0879. The first-order chi connectivity index (χ1) is 14.2. The van der Waals surface area contributed by atoms with Crippen LogP contribution in [0, 0.1) is 5.92 Å². The number of nitrogens with one attached hydrogen (secondary N) is 1. The molecular weight excluding hydrogens is 417 g/mol. The number of hydrogen-bond donors (Lipinski definition) is 1. The highest BCUT2D eigenvalue weighted by Gasteiger charge is 2.37. The zero-order chi connectivity index (χ0) is 21.8. The van der Waals surface area contributed by atoms with E-state index >= 15 is 0 Å². The topological polar surface area (TPSA) is 58.6 Å². The van der Waals surface area contributed by atoms with E-state index in [4.69, 9.17) is 4.74 Å². The van der Waals surface area contributed by atoms with Crippen LogP contribution in [-0.4, -0.2) is 40.1 Å². The first-order valence-electron chi connectivity index (χ1n) is 9.70. The fraction of sp³-hybridized carbons (Fsp3) is 0.429. The van der Waals surface area contributed by atoms with Crippen molar-refractivity contribution in [1.82, 2.24) is 9.62 Å². The summed E-state index contributed by atoms with van der Waals surface area (Å²) in [4.78, 5) is 1.56. The summed E-state index contributed by atoms with van der Waals surface area (Å²) in [7, 11) is -2.62. The number of sulfonamides is 1. The molecule has 0 aliphatic carbocycles. The van der Waals surface area contributed by atoms with Crippen molar-refractivity contribution >= 4 is 10.0 Å². The highest BCUT2D eigenvalue weighted by atomic mass is 32.2. The lowest BCUT2D eigenvalue weighted by atomic mass is 9.97. The van der Waals surface area contributed by atoms with E-state index in [-0.39, 0.29) is 12.5 Å². The van der Waals surface area contributed by atoms with E-state index in [1.807, 2.05) is 24.3 Å². The Balaban J connectivity index is 1.53. The maximum atomic E-state index is 13.1. The van der Waals surface area contributed by atoms with Gasteiger partial charge in [-0.15, -0.1) is 0 Å². The van der Waals surface area contributed by atoms with Crippen molar-refractivity contribution in [3.05, 3.63) is 59.7 Å². The molecule has 9 heteroatoms. The zero-order valence-corrected chi connectivity index (χ0v) is 17.5. The third-order valence-electron chi connectivity index (χ3n) is 5.32. The number of alkyl halides is 3. The predicted octanol–water partition coefficient (Wildman–Crippen LogP) is 3.90. The van der Waals surface area contributed by atoms with Crippen LogP contribution in [0.2, 0.25) is 0 Å². The van der Waals surface area contributed by atoms with Crippen molar-refractivity contribution in [2.24, 2.45) is 5.92 Å². The Morgan fingerprint density at radius 1 is 1.07 bits per heavy atom. The quantitative estimate of drug-likeness (QED) is 0.707. The van der Waals surface area contributed by atoms with Gasteiger partial charge >= 0.3 is 6.18 Å². The number of likely N-dealkylation sites (tertiary alicyclic amines) is 1. The van der Waals surface area contributed by atoms with E-state index in [9.17, 15) is 21.6 Å². The van der Waals surface area contributed by atoms with Crippen LogP contribution in [0.15, 0.2) is 53.4 Å². The highest BCUT2D eigenvalue weighted by Crippen LogP contribution is 2.34. The van der Waals surface area contributed by atoms with E-state index in [0.717, 1.165) is 50.4 Å². The fourth-order valence-electron chi connectivity index (χ4n) is 3.58. The van der Waals surface area contributed by atoms with Gasteiger partial charge in [-0.2, -0.15) is 13.2 Å². The zero-order valence-electron chi connectivity index (χ0n) is 16.7. The first kappa shape index (κ1) is 22.6. The van der Waals surface area contributed by atoms with Crippen LogP contribution < -0.4 is 9.46 Å². The van der Waals surface area contributed by atoms with Crippen molar-refractivity contribution in [2.45, 2.75) is 30.5 Å². The van der Waals surface area contributed by atoms with Gasteiger partial charge in [0, 0.05) is 13.1 Å². The molecule has 2 aromatic rings. The molecule has 0 atom stereocenters. The molecule has 1 saturated heterocycles. The molecule has 0 radical (unpaired) electrons. The molecule has 5 nitrogen and oxygen atoms in total. The van der Waals surface area contributed by atoms with Crippen LogP contribution in [0.3, 0.4) is 0 Å². The molecule has 1 aliphatic rings. The third kappa shape index (κ3) is 5.74. The second-order valence-electron chi connectivity index (χ2n) is 7.41. The molecular formula is C21H25F3N2O3S. The lowest BCUT2D eigenvalue weighted by molar-refractivity contribution is -0.139. The van der Waals surface area contributed by atoms with Crippen molar-refractivity contribution < 1.29 is 26.3 Å². The van der Waals surface area contributed by atoms with Gasteiger partial charge in [0.25, 0.3) is 0 Å². The van der Waals surface area contributed by atoms with Crippen LogP contribution in [-0.2, 0) is 22.7 Å². The molecule has 3 rings (SSSR count). The molecule has 0 unspecified atom stereocenters. The lowest BCUT2D eigenvalue weighted by Gasteiger charge is -2.32. The fourth-order valence-corrected chi connectivity index (χ4v) is 4.92. The van der Waals surface area contributed by atoms with Crippen LogP contribution >= 0.6 is 0 Å². The Kier molecular flexibility index (Phi) is 7.05. The Morgan fingerprint density at radius 2 is 1.70 bits per heavy atom. The van der Waals surface area contributed by atoms with Crippen molar-refractivity contribution in [3.8, 4) is 5.75 Å². The maximum Gasteiger partial charge on any atom is 0.417 e. The molecule has 0 spiro atoms. The molecule has 1 N–H and O–H groups in total. The van der Waals surface area contributed by atoms with Crippen LogP contribution in [0.25, 0.3) is 0 Å². The van der Waals surface area contributed by atoms with Crippen LogP contribution in [0.5, 0.6) is 5.75 Å². The Bertz CT molecular complexity index is 939. The van der Waals surface area contributed by atoms with Crippen LogP contribution in [0.4, 0.5) is 13.2 Å². The van der Waals surface area contributed by atoms with Gasteiger partial charge in [0.15, 0.2) is 0 Å². The third-order valence-corrected chi connectivity index (χ3v) is 6.80. The van der Waals surface area contributed by atoms with Gasteiger partial charge in [-0.05, 0) is 61.7 Å². The second-order valence-corrected chi connectivity index (χ2v) is 9.15. The molecule has 0 amide bonds. The standard InChI is InChI=1S/C21H25F3N2O3S/c1-29-18-8-6-17(7-9-18)15-26-12-10-16(11-13-26)14-25-30(27,28)20-5-3-2-4-19(20)21(22,23)24/h2-9,16,25H,10-15H2,1H3. The summed E-state index contributed by atoms with van der Waals surface area (Å²) in [5.41, 5.74) is 0.0190. The number of methoxy groups -OCH3 is 1. The number of hydrogen-bond acceptors (Lipinski definition) is 4. The van der Waals surface area contributed by atoms with Gasteiger partial charge < -0.3 is 4.74 Å². The van der Waals surface area contributed by atoms with Crippen molar-refractivity contribution in [3.63, 3.8) is 0 Å². The second kappa shape index (κ2) is 9.36. The number of nitrogens with zero attached hydrogens (tertiary/aromatic N) is 1. The van der Waals surface area contributed by atoms with Crippen molar-refractivity contribution in [1.29, 1.82) is 0 Å². The van der Waals surface area contributed by atoms with E-state index in [2.05, 4.69) is 9.62 Å². The van der Waals surface area contributed by atoms with E-state index in [0.29, 0.717) is 0 Å². The first-order valence-corrected chi connectivity index (χ1v) is 11.2. The molecule has 1 heterocycles. The normalized spacial score (nSPS) is 16.5. The number of ether oxygens (including phenoxy) is 1. The number of rotatable bonds is 7. The monoisotopic (exact) mass is 442 g/mol. The molecule has 164 valence electrons. The summed E-state index contributed by atoms with van der Waals surface area (Å²) in [5.74, 6) is 0.891. The molecule has 30 heavy (non-hydrogen) atoms. The number of benzene rings is 2. The Labute approximate surface area is 174 Å². The summed E-state index contributed by atoms with van der Waals surface area (Å²) >= 11 is 0. The lowest BCUT2D eigenvalue weighted by Crippen LogP contribution is -2.38. The van der Waals surface area contributed by atoms with Crippen LogP contribution in [0.1, 0.15) is 24.0 Å². The van der Waals surface area contributed by atoms with E-state index in [1.165, 1.54) is 17.7 Å². The van der Waals surface area contributed by atoms with Gasteiger partial charge in [-0.3, -0.25) is 4.90 Å². The van der Waals surface area contributed by atoms with Gasteiger partial charge in [-0.1, -0.05) is 24.3 Å². The average molecular weight is 443 g/mol. The number of halogens is 3. The van der Waals surface area contributed by atoms with Gasteiger partial charge in [0.05, 0.1) is 17.6 Å². The van der Waals surface area contributed by atoms with Gasteiger partial charge in [-0.25, -0.2) is 13.1 Å². The summed E-state index contributed by atoms with van der Waals surface area (Å²) in [6.45, 7) is 2.53. The summed E-state index contributed by atoms with van der Waals surface area (Å²) in [6.07, 6.45) is -3.17. The maximum absolute atomic E-state index is 13.1. The molecule has 0 saturated carbocycles. The Hall–Kier alpha value is -2.10. The molecule has 0 aromatic heterocycles. The largest absolute Gasteiger partial charge is 0.497 e. The predicted molar refractivity (Wildman–Crippen MR) is 108 cm³/mol. The SMILES string of the molecule is COc1ccc(CN2CCC(CNS(=O)(=O)c3ccccc3C(F)(F)F)CC2)cc1. The average Bonchev–Trinajstić information content (AvgIpc) is 2.73. The number of piperidine rings is 1. The smallest absolute Gasteiger partial charge is 0.417 e.